The largest absolute Gasteiger partial charge is 0.373 e. The highest BCUT2D eigenvalue weighted by molar-refractivity contribution is 6.07. The van der Waals surface area contributed by atoms with Gasteiger partial charge in [0.25, 0.3) is 5.91 Å². The van der Waals surface area contributed by atoms with Crippen molar-refractivity contribution >= 4 is 17.5 Å². The molecule has 1 saturated heterocycles. The number of benzene rings is 1. The fourth-order valence-corrected chi connectivity index (χ4v) is 2.64. The van der Waals surface area contributed by atoms with E-state index in [1.807, 2.05) is 26.0 Å². The van der Waals surface area contributed by atoms with Crippen LogP contribution in [0.15, 0.2) is 18.2 Å². The van der Waals surface area contributed by atoms with E-state index >= 15 is 0 Å². The lowest BCUT2D eigenvalue weighted by Gasteiger charge is -2.16. The first-order chi connectivity index (χ1) is 9.06. The number of rotatable bonds is 3. The molecule has 1 aliphatic heterocycles. The summed E-state index contributed by atoms with van der Waals surface area (Å²) in [7, 11) is 0. The lowest BCUT2D eigenvalue weighted by atomic mass is 10.1. The van der Waals surface area contributed by atoms with Crippen molar-refractivity contribution in [3.63, 3.8) is 0 Å². The second-order valence-electron chi connectivity index (χ2n) is 5.55. The van der Waals surface area contributed by atoms with Gasteiger partial charge in [0, 0.05) is 11.7 Å². The number of imide groups is 1. The first kappa shape index (κ1) is 12.2. The van der Waals surface area contributed by atoms with Gasteiger partial charge in [-0.1, -0.05) is 17.7 Å². The average Bonchev–Trinajstić information content (AvgIpc) is 3.12. The second kappa shape index (κ2) is 4.37. The van der Waals surface area contributed by atoms with E-state index in [0.717, 1.165) is 24.1 Å². The zero-order valence-corrected chi connectivity index (χ0v) is 11.3. The van der Waals surface area contributed by atoms with E-state index in [0.29, 0.717) is 0 Å². The predicted molar refractivity (Wildman–Crippen MR) is 72.8 cm³/mol. The molecule has 1 N–H and O–H groups in total. The van der Waals surface area contributed by atoms with Gasteiger partial charge in [-0.25, -0.2) is 0 Å². The van der Waals surface area contributed by atoms with Crippen LogP contribution in [-0.4, -0.2) is 28.8 Å². The number of hydrogen-bond acceptors (Lipinski definition) is 3. The van der Waals surface area contributed by atoms with E-state index in [1.54, 1.807) is 0 Å². The van der Waals surface area contributed by atoms with E-state index < -0.39 is 6.04 Å². The molecule has 1 aromatic carbocycles. The van der Waals surface area contributed by atoms with Gasteiger partial charge in [0.2, 0.25) is 5.91 Å². The van der Waals surface area contributed by atoms with E-state index in [1.165, 1.54) is 10.5 Å². The minimum absolute atomic E-state index is 0.0326. The summed E-state index contributed by atoms with van der Waals surface area (Å²) in [5, 5.41) is 3.22. The molecule has 2 aliphatic rings. The molecule has 2 fully saturated rings. The van der Waals surface area contributed by atoms with E-state index in [-0.39, 0.29) is 24.3 Å². The zero-order valence-electron chi connectivity index (χ0n) is 11.3. The van der Waals surface area contributed by atoms with Gasteiger partial charge in [0.1, 0.15) is 6.04 Å². The summed E-state index contributed by atoms with van der Waals surface area (Å²) in [5.74, 6) is -0.0951. The fraction of sp³-hybridized carbons (Fsp3) is 0.467. The third-order valence-electron chi connectivity index (χ3n) is 3.81. The number of hydrogen-bond donors (Lipinski definition) is 1. The molecule has 1 aromatic rings. The third kappa shape index (κ3) is 2.23. The Kier molecular flexibility index (Phi) is 2.81. The van der Waals surface area contributed by atoms with Crippen LogP contribution < -0.4 is 5.32 Å². The number of carbonyl (C=O) groups excluding carboxylic acids is 2. The molecule has 1 heterocycles. The third-order valence-corrected chi connectivity index (χ3v) is 3.81. The van der Waals surface area contributed by atoms with Gasteiger partial charge in [0.05, 0.1) is 6.42 Å². The van der Waals surface area contributed by atoms with Crippen molar-refractivity contribution in [2.75, 3.05) is 5.32 Å². The molecule has 19 heavy (non-hydrogen) atoms. The topological polar surface area (TPSA) is 49.4 Å². The van der Waals surface area contributed by atoms with Crippen molar-refractivity contribution in [1.82, 2.24) is 4.90 Å². The van der Waals surface area contributed by atoms with Crippen LogP contribution in [0.4, 0.5) is 5.69 Å². The number of anilines is 1. The first-order valence-corrected chi connectivity index (χ1v) is 6.76. The van der Waals surface area contributed by atoms with Crippen molar-refractivity contribution in [3.8, 4) is 0 Å². The molecule has 0 radical (unpaired) electrons. The van der Waals surface area contributed by atoms with Gasteiger partial charge >= 0.3 is 0 Å². The fourth-order valence-electron chi connectivity index (χ4n) is 2.64. The summed E-state index contributed by atoms with van der Waals surface area (Å²) >= 11 is 0. The smallest absolute Gasteiger partial charge is 0.252 e. The van der Waals surface area contributed by atoms with Crippen molar-refractivity contribution in [2.24, 2.45) is 0 Å². The van der Waals surface area contributed by atoms with Crippen molar-refractivity contribution in [3.05, 3.63) is 29.3 Å². The Labute approximate surface area is 112 Å². The quantitative estimate of drug-likeness (QED) is 0.844. The lowest BCUT2D eigenvalue weighted by molar-refractivity contribution is -0.139. The Morgan fingerprint density at radius 2 is 1.95 bits per heavy atom. The molecule has 0 aromatic heterocycles. The van der Waals surface area contributed by atoms with Crippen molar-refractivity contribution in [1.29, 1.82) is 0 Å². The summed E-state index contributed by atoms with van der Waals surface area (Å²) < 4.78 is 0. The van der Waals surface area contributed by atoms with Crippen LogP contribution in [-0.2, 0) is 9.59 Å². The molecule has 0 bridgehead atoms. The second-order valence-corrected chi connectivity index (χ2v) is 5.55. The summed E-state index contributed by atoms with van der Waals surface area (Å²) in [4.78, 5) is 25.6. The Hall–Kier alpha value is -1.84. The van der Waals surface area contributed by atoms with Crippen molar-refractivity contribution < 1.29 is 9.59 Å². The number of amides is 2. The van der Waals surface area contributed by atoms with Gasteiger partial charge in [-0.3, -0.25) is 14.5 Å². The highest BCUT2D eigenvalue weighted by Gasteiger charge is 2.46. The van der Waals surface area contributed by atoms with E-state index in [4.69, 9.17) is 0 Å². The minimum atomic E-state index is -0.394. The van der Waals surface area contributed by atoms with Crippen LogP contribution in [0.2, 0.25) is 0 Å². The summed E-state index contributed by atoms with van der Waals surface area (Å²) in [6.45, 7) is 4.05. The zero-order chi connectivity index (χ0) is 13.6. The maximum atomic E-state index is 12.2. The number of aryl methyl sites for hydroxylation is 2. The minimum Gasteiger partial charge on any atom is -0.373 e. The standard InChI is InChI=1S/C15H18N2O2/c1-9-3-6-12(10(2)7-9)16-13-8-14(18)17(15(13)19)11-4-5-11/h3,6-7,11,13,16H,4-5,8H2,1-2H3. The molecule has 2 amide bonds. The summed E-state index contributed by atoms with van der Waals surface area (Å²) in [5.41, 5.74) is 3.23. The van der Waals surface area contributed by atoms with Gasteiger partial charge < -0.3 is 5.32 Å². The average molecular weight is 258 g/mol. The normalized spacial score (nSPS) is 23.1. The van der Waals surface area contributed by atoms with E-state index in [2.05, 4.69) is 11.4 Å². The van der Waals surface area contributed by atoms with Crippen LogP contribution in [0.1, 0.15) is 30.4 Å². The molecule has 1 aliphatic carbocycles. The van der Waals surface area contributed by atoms with Gasteiger partial charge in [-0.2, -0.15) is 0 Å². The van der Waals surface area contributed by atoms with Crippen LogP contribution >= 0.6 is 0 Å². The summed E-state index contributed by atoms with van der Waals surface area (Å²) in [6, 6.07) is 5.83. The SMILES string of the molecule is Cc1ccc(NC2CC(=O)N(C3CC3)C2=O)c(C)c1. The van der Waals surface area contributed by atoms with Gasteiger partial charge in [-0.15, -0.1) is 0 Å². The first-order valence-electron chi connectivity index (χ1n) is 6.76. The maximum absolute atomic E-state index is 12.2. The van der Waals surface area contributed by atoms with Crippen LogP contribution in [0.3, 0.4) is 0 Å². The Morgan fingerprint density at radius 3 is 2.58 bits per heavy atom. The van der Waals surface area contributed by atoms with Crippen LogP contribution in [0.5, 0.6) is 0 Å². The Morgan fingerprint density at radius 1 is 1.21 bits per heavy atom. The highest BCUT2D eigenvalue weighted by Crippen LogP contribution is 2.32. The summed E-state index contributed by atoms with van der Waals surface area (Å²) in [6.07, 6.45) is 2.21. The lowest BCUT2D eigenvalue weighted by Crippen LogP contribution is -2.36. The molecule has 3 rings (SSSR count). The number of nitrogens with zero attached hydrogens (tertiary/aromatic N) is 1. The molecule has 100 valence electrons. The molecular formula is C15H18N2O2. The maximum Gasteiger partial charge on any atom is 0.252 e. The number of nitrogens with one attached hydrogen (secondary N) is 1. The monoisotopic (exact) mass is 258 g/mol. The predicted octanol–water partition coefficient (Wildman–Crippen LogP) is 2.01. The molecule has 1 unspecified atom stereocenters. The number of likely N-dealkylation sites (tertiary alicyclic amines) is 1. The molecule has 1 saturated carbocycles. The molecule has 4 nitrogen and oxygen atoms in total. The van der Waals surface area contributed by atoms with Crippen LogP contribution in [0.25, 0.3) is 0 Å². The Bertz CT molecular complexity index is 549. The molecule has 1 atom stereocenters. The van der Waals surface area contributed by atoms with Crippen LogP contribution in [0, 0.1) is 13.8 Å². The Balaban J connectivity index is 1.76. The van der Waals surface area contributed by atoms with Crippen molar-refractivity contribution in [2.45, 2.75) is 45.2 Å². The molecule has 0 spiro atoms. The molecular weight excluding hydrogens is 240 g/mol. The van der Waals surface area contributed by atoms with E-state index in [9.17, 15) is 9.59 Å². The molecule has 4 heteroatoms. The van der Waals surface area contributed by atoms with Gasteiger partial charge in [0.15, 0.2) is 0 Å². The highest BCUT2D eigenvalue weighted by atomic mass is 16.2. The van der Waals surface area contributed by atoms with Gasteiger partial charge in [-0.05, 0) is 38.3 Å². The number of carbonyl (C=O) groups is 2.